The van der Waals surface area contributed by atoms with Crippen molar-refractivity contribution in [1.29, 1.82) is 0 Å². The van der Waals surface area contributed by atoms with E-state index in [-0.39, 0.29) is 24.5 Å². The molecule has 9 nitrogen and oxygen atoms in total. The third kappa shape index (κ3) is 5.99. The molecular weight excluding hydrogens is 652 g/mol. The highest BCUT2D eigenvalue weighted by Gasteiger charge is 2.36. The van der Waals surface area contributed by atoms with Gasteiger partial charge in [0, 0.05) is 28.3 Å². The van der Waals surface area contributed by atoms with Gasteiger partial charge in [-0.25, -0.2) is 9.37 Å². The Morgan fingerprint density at radius 3 is 2.54 bits per heavy atom. The first-order chi connectivity index (χ1) is 23.2. The fraction of sp³-hybridized carbons (Fsp3) is 0.382. The second-order valence-corrected chi connectivity index (χ2v) is 12.9. The quantitative estimate of drug-likeness (QED) is 0.180. The van der Waals surface area contributed by atoms with E-state index in [0.29, 0.717) is 46.3 Å². The van der Waals surface area contributed by atoms with Gasteiger partial charge < -0.3 is 23.8 Å². The molecule has 3 aromatic carbocycles. The van der Waals surface area contributed by atoms with Gasteiger partial charge in [0.25, 0.3) is 0 Å². The molecule has 8 rings (SSSR count). The van der Waals surface area contributed by atoms with E-state index < -0.39 is 23.9 Å². The van der Waals surface area contributed by atoms with E-state index in [1.54, 1.807) is 24.3 Å². The number of likely N-dealkylation sites (tertiary alicyclic amines) is 1. The zero-order valence-electron chi connectivity index (χ0n) is 25.6. The van der Waals surface area contributed by atoms with Gasteiger partial charge in [-0.3, -0.25) is 4.90 Å². The van der Waals surface area contributed by atoms with E-state index in [2.05, 4.69) is 30.7 Å². The topological polar surface area (TPSA) is 90.3 Å². The van der Waals surface area contributed by atoms with Crippen LogP contribution in [-0.2, 0) is 24.0 Å². The fourth-order valence-corrected chi connectivity index (χ4v) is 6.92. The number of rotatable bonds is 7. The second-order valence-electron chi connectivity index (χ2n) is 12.5. The molecule has 3 aliphatic heterocycles. The van der Waals surface area contributed by atoms with Gasteiger partial charge in [0.1, 0.15) is 18.2 Å². The fourth-order valence-electron chi connectivity index (χ4n) is 6.76. The van der Waals surface area contributed by atoms with E-state index in [1.165, 1.54) is 6.07 Å². The third-order valence-corrected chi connectivity index (χ3v) is 9.63. The molecule has 1 unspecified atom stereocenters. The summed E-state index contributed by atoms with van der Waals surface area (Å²) in [7, 11) is 0. The van der Waals surface area contributed by atoms with Crippen molar-refractivity contribution in [3.63, 3.8) is 0 Å². The number of hydrogen-bond acceptors (Lipinski definition) is 7. The van der Waals surface area contributed by atoms with Crippen molar-refractivity contribution in [2.45, 2.75) is 56.7 Å². The molecule has 0 amide bonds. The van der Waals surface area contributed by atoms with Crippen LogP contribution in [0.2, 0.25) is 5.02 Å². The van der Waals surface area contributed by atoms with Crippen LogP contribution in [0.5, 0.6) is 11.5 Å². The molecule has 14 heteroatoms. The Hall–Kier alpha value is -4.20. The van der Waals surface area contributed by atoms with Crippen molar-refractivity contribution in [3.8, 4) is 22.9 Å². The van der Waals surface area contributed by atoms with Crippen LogP contribution in [0.25, 0.3) is 22.4 Å². The molecule has 2 fully saturated rings. The van der Waals surface area contributed by atoms with Gasteiger partial charge in [0.15, 0.2) is 23.4 Å². The van der Waals surface area contributed by atoms with Crippen LogP contribution in [0.3, 0.4) is 0 Å². The minimum absolute atomic E-state index is 0.0341. The molecule has 0 radical (unpaired) electrons. The highest BCUT2D eigenvalue weighted by Crippen LogP contribution is 2.45. The van der Waals surface area contributed by atoms with Crippen molar-refractivity contribution in [3.05, 3.63) is 88.2 Å². The number of hydrogen-bond donors (Lipinski definition) is 1. The Labute approximate surface area is 277 Å². The lowest BCUT2D eigenvalue weighted by Crippen LogP contribution is -2.35. The van der Waals surface area contributed by atoms with Crippen LogP contribution in [0.15, 0.2) is 54.6 Å². The van der Waals surface area contributed by atoms with Crippen molar-refractivity contribution in [1.82, 2.24) is 29.6 Å². The number of aromatic amines is 1. The number of ether oxygens (including phenoxy) is 3. The van der Waals surface area contributed by atoms with E-state index in [4.69, 9.17) is 30.8 Å². The molecule has 0 spiro atoms. The van der Waals surface area contributed by atoms with Crippen LogP contribution in [0.4, 0.5) is 17.6 Å². The minimum Gasteiger partial charge on any atom is -0.485 e. The highest BCUT2D eigenvalue weighted by atomic mass is 35.5. The number of fused-ring (bicyclic) bond motifs is 2. The third-order valence-electron chi connectivity index (χ3n) is 9.40. The monoisotopic (exact) mass is 682 g/mol. The van der Waals surface area contributed by atoms with E-state index >= 15 is 0 Å². The van der Waals surface area contributed by atoms with Crippen LogP contribution in [0, 0.1) is 5.82 Å². The Balaban J connectivity index is 0.996. The van der Waals surface area contributed by atoms with Gasteiger partial charge >= 0.3 is 6.18 Å². The molecule has 2 aromatic heterocycles. The molecule has 3 aliphatic rings. The maximum absolute atomic E-state index is 14.7. The Kier molecular flexibility index (Phi) is 8.00. The maximum Gasteiger partial charge on any atom is 0.451 e. The number of piperidine rings is 1. The van der Waals surface area contributed by atoms with Crippen LogP contribution >= 0.6 is 11.6 Å². The predicted octanol–water partition coefficient (Wildman–Crippen LogP) is 7.31. The van der Waals surface area contributed by atoms with Gasteiger partial charge in [0.05, 0.1) is 30.2 Å². The standard InChI is InChI=1S/C34H31ClF4N6O3/c35-21-5-6-24(25(36)15-21)29-18-47-28-3-1-2-23(31(28)48-29)19-8-11-44(12-9-19)17-30-40-26-14-20(32-41-33(43-42-32)34(37,38)39)4-7-27(26)45(30)16-22-10-13-46-22/h1-7,14-15,19,22,29H,8-13,16-18H2,(H,41,42,43)/t22-,29?/m0/s1. The molecule has 0 bridgehead atoms. The molecule has 48 heavy (non-hydrogen) atoms. The lowest BCUT2D eigenvalue weighted by Gasteiger charge is -2.35. The largest absolute Gasteiger partial charge is 0.485 e. The average Bonchev–Trinajstić information content (AvgIpc) is 3.68. The van der Waals surface area contributed by atoms with Gasteiger partial charge in [-0.15, -0.1) is 10.2 Å². The molecule has 0 aliphatic carbocycles. The summed E-state index contributed by atoms with van der Waals surface area (Å²) >= 11 is 5.97. The Morgan fingerprint density at radius 1 is 0.979 bits per heavy atom. The number of benzene rings is 3. The lowest BCUT2D eigenvalue weighted by atomic mass is 9.88. The first kappa shape index (κ1) is 31.1. The van der Waals surface area contributed by atoms with Crippen LogP contribution in [0.1, 0.15) is 54.1 Å². The smallest absolute Gasteiger partial charge is 0.451 e. The number of nitrogens with zero attached hydrogens (tertiary/aromatic N) is 5. The summed E-state index contributed by atoms with van der Waals surface area (Å²) in [6.07, 6.45) is -2.39. The van der Waals surface area contributed by atoms with Crippen molar-refractivity contribution >= 4 is 22.6 Å². The normalized spacial score (nSPS) is 20.3. The lowest BCUT2D eigenvalue weighted by molar-refractivity contribution is -0.144. The number of imidazole rings is 1. The number of aromatic nitrogens is 5. The van der Waals surface area contributed by atoms with Gasteiger partial charge in [0.2, 0.25) is 5.82 Å². The Bertz CT molecular complexity index is 1970. The summed E-state index contributed by atoms with van der Waals surface area (Å²) in [5, 5.41) is 7.30. The summed E-state index contributed by atoms with van der Waals surface area (Å²) < 4.78 is 74.4. The zero-order valence-corrected chi connectivity index (χ0v) is 26.4. The molecule has 2 atom stereocenters. The van der Waals surface area contributed by atoms with E-state index in [1.807, 2.05) is 18.2 Å². The van der Waals surface area contributed by atoms with E-state index in [0.717, 1.165) is 55.9 Å². The average molecular weight is 683 g/mol. The van der Waals surface area contributed by atoms with Gasteiger partial charge in [-0.1, -0.05) is 29.8 Å². The van der Waals surface area contributed by atoms with Crippen LogP contribution in [-0.4, -0.2) is 62.0 Å². The number of alkyl halides is 3. The maximum atomic E-state index is 14.7. The first-order valence-electron chi connectivity index (χ1n) is 15.9. The van der Waals surface area contributed by atoms with Crippen molar-refractivity contribution < 1.29 is 31.8 Å². The van der Waals surface area contributed by atoms with Crippen LogP contribution < -0.4 is 9.47 Å². The second kappa shape index (κ2) is 12.4. The molecule has 5 heterocycles. The van der Waals surface area contributed by atoms with Gasteiger partial charge in [-0.05, 0) is 74.7 Å². The summed E-state index contributed by atoms with van der Waals surface area (Å²) in [4.78, 5) is 9.59. The summed E-state index contributed by atoms with van der Waals surface area (Å²) in [6.45, 7) is 3.81. The molecular formula is C34H31ClF4N6O3. The van der Waals surface area contributed by atoms with Gasteiger partial charge in [-0.2, -0.15) is 13.2 Å². The predicted molar refractivity (Wildman–Crippen MR) is 168 cm³/mol. The van der Waals surface area contributed by atoms with E-state index in [9.17, 15) is 17.6 Å². The summed E-state index contributed by atoms with van der Waals surface area (Å²) in [5.74, 6) is 0.880. The molecule has 1 N–H and O–H groups in total. The SMILES string of the molecule is Fc1cc(Cl)ccc1C1COc2cccc(C3CCN(Cc4nc5cc(-c6nnc(C(F)(F)F)[nH]6)ccc5n4C[C@@H]4CCO4)CC3)c2O1. The highest BCUT2D eigenvalue weighted by molar-refractivity contribution is 6.30. The van der Waals surface area contributed by atoms with Crippen molar-refractivity contribution in [2.24, 2.45) is 0 Å². The molecule has 0 saturated carbocycles. The number of nitrogens with one attached hydrogen (secondary N) is 1. The first-order valence-corrected chi connectivity index (χ1v) is 16.3. The summed E-state index contributed by atoms with van der Waals surface area (Å²) in [5.41, 5.74) is 3.48. The Morgan fingerprint density at radius 2 is 1.81 bits per heavy atom. The molecule has 5 aromatic rings. The number of halogens is 5. The minimum atomic E-state index is -4.61. The zero-order chi connectivity index (χ0) is 33.0. The van der Waals surface area contributed by atoms with Crippen molar-refractivity contribution in [2.75, 3.05) is 26.3 Å². The number of H-pyrrole nitrogens is 1. The molecule has 2 saturated heterocycles. The molecule has 250 valence electrons. The summed E-state index contributed by atoms with van der Waals surface area (Å²) in [6, 6.07) is 15.8. The number of para-hydroxylation sites is 1.